The number of nitrogens with zero attached hydrogens (tertiary/aromatic N) is 1. The summed E-state index contributed by atoms with van der Waals surface area (Å²) in [4.78, 5) is 23.8. The number of rotatable bonds is 5. The second-order valence-corrected chi connectivity index (χ2v) is 4.14. The number of aliphatic carboxylic acids is 1. The quantitative estimate of drug-likeness (QED) is 0.489. The van der Waals surface area contributed by atoms with Gasteiger partial charge in [0.1, 0.15) is 0 Å². The standard InChI is InChI=1S/C10H18N2O5/c13-4-2-7-1-3-12(5-7)10(17)11-8(6-14)9(15)16/h7-8,13-14H,1-6H2,(H,11,17)(H,15,16). The molecular formula is C10H18N2O5. The van der Waals surface area contributed by atoms with E-state index in [1.807, 2.05) is 0 Å². The lowest BCUT2D eigenvalue weighted by atomic mass is 10.1. The first-order valence-electron chi connectivity index (χ1n) is 5.58. The van der Waals surface area contributed by atoms with Crippen LogP contribution in [0.4, 0.5) is 4.79 Å². The molecule has 1 fully saturated rings. The summed E-state index contributed by atoms with van der Waals surface area (Å²) >= 11 is 0. The van der Waals surface area contributed by atoms with E-state index < -0.39 is 24.6 Å². The third-order valence-electron chi connectivity index (χ3n) is 2.89. The van der Waals surface area contributed by atoms with E-state index in [0.29, 0.717) is 19.5 Å². The number of urea groups is 1. The Balaban J connectivity index is 2.41. The van der Waals surface area contributed by atoms with Crippen LogP contribution < -0.4 is 5.32 Å². The first kappa shape index (κ1) is 13.7. The minimum Gasteiger partial charge on any atom is -0.480 e. The van der Waals surface area contributed by atoms with Crippen molar-refractivity contribution in [3.63, 3.8) is 0 Å². The molecule has 2 atom stereocenters. The third-order valence-corrected chi connectivity index (χ3v) is 2.89. The highest BCUT2D eigenvalue weighted by Crippen LogP contribution is 2.18. The Hall–Kier alpha value is -1.34. The minimum absolute atomic E-state index is 0.0918. The van der Waals surface area contributed by atoms with Crippen molar-refractivity contribution in [1.82, 2.24) is 10.2 Å². The number of aliphatic hydroxyl groups excluding tert-OH is 2. The van der Waals surface area contributed by atoms with Gasteiger partial charge in [-0.2, -0.15) is 0 Å². The Morgan fingerprint density at radius 2 is 2.12 bits per heavy atom. The molecule has 0 radical (unpaired) electrons. The molecule has 0 spiro atoms. The van der Waals surface area contributed by atoms with Gasteiger partial charge in [0, 0.05) is 19.7 Å². The van der Waals surface area contributed by atoms with Gasteiger partial charge in [0.2, 0.25) is 0 Å². The molecule has 7 heteroatoms. The van der Waals surface area contributed by atoms with Gasteiger partial charge in [-0.1, -0.05) is 0 Å². The van der Waals surface area contributed by atoms with Gasteiger partial charge in [-0.05, 0) is 18.8 Å². The van der Waals surface area contributed by atoms with Gasteiger partial charge in [-0.25, -0.2) is 9.59 Å². The summed E-state index contributed by atoms with van der Waals surface area (Å²) in [6.07, 6.45) is 1.46. The van der Waals surface area contributed by atoms with Crippen molar-refractivity contribution < 1.29 is 24.9 Å². The van der Waals surface area contributed by atoms with Crippen LogP contribution in [0.1, 0.15) is 12.8 Å². The largest absolute Gasteiger partial charge is 0.480 e. The molecule has 1 aliphatic heterocycles. The molecule has 1 heterocycles. The fourth-order valence-electron chi connectivity index (χ4n) is 1.86. The predicted molar refractivity (Wildman–Crippen MR) is 58.4 cm³/mol. The monoisotopic (exact) mass is 246 g/mol. The molecule has 4 N–H and O–H groups in total. The van der Waals surface area contributed by atoms with Crippen LogP contribution in [0.15, 0.2) is 0 Å². The van der Waals surface area contributed by atoms with E-state index in [-0.39, 0.29) is 12.5 Å². The Bertz CT molecular complexity index is 284. The van der Waals surface area contributed by atoms with Gasteiger partial charge in [0.05, 0.1) is 6.61 Å². The van der Waals surface area contributed by atoms with Crippen molar-refractivity contribution in [2.45, 2.75) is 18.9 Å². The molecule has 7 nitrogen and oxygen atoms in total. The Kier molecular flexibility index (Phi) is 5.17. The van der Waals surface area contributed by atoms with Gasteiger partial charge in [0.25, 0.3) is 0 Å². The molecule has 0 aliphatic carbocycles. The number of carbonyl (C=O) groups excluding carboxylic acids is 1. The average Bonchev–Trinajstić information content (AvgIpc) is 2.74. The zero-order valence-corrected chi connectivity index (χ0v) is 9.50. The highest BCUT2D eigenvalue weighted by Gasteiger charge is 2.28. The van der Waals surface area contributed by atoms with Gasteiger partial charge < -0.3 is 25.5 Å². The topological polar surface area (TPSA) is 110 Å². The average molecular weight is 246 g/mol. The van der Waals surface area contributed by atoms with Crippen molar-refractivity contribution in [2.75, 3.05) is 26.3 Å². The molecule has 98 valence electrons. The van der Waals surface area contributed by atoms with E-state index in [1.165, 1.54) is 4.90 Å². The summed E-state index contributed by atoms with van der Waals surface area (Å²) in [5.74, 6) is -0.991. The molecule has 1 saturated heterocycles. The summed E-state index contributed by atoms with van der Waals surface area (Å²) in [5, 5.41) is 28.5. The lowest BCUT2D eigenvalue weighted by Gasteiger charge is -2.19. The Morgan fingerprint density at radius 1 is 1.41 bits per heavy atom. The van der Waals surface area contributed by atoms with Gasteiger partial charge in [0.15, 0.2) is 6.04 Å². The summed E-state index contributed by atoms with van der Waals surface area (Å²) < 4.78 is 0. The number of carboxylic acids is 1. The van der Waals surface area contributed by atoms with Crippen LogP contribution in [0.2, 0.25) is 0 Å². The molecule has 2 amide bonds. The molecule has 17 heavy (non-hydrogen) atoms. The third kappa shape index (κ3) is 3.86. The van der Waals surface area contributed by atoms with Crippen molar-refractivity contribution in [3.8, 4) is 0 Å². The highest BCUT2D eigenvalue weighted by atomic mass is 16.4. The molecule has 0 aromatic rings. The van der Waals surface area contributed by atoms with E-state index in [0.717, 1.165) is 6.42 Å². The van der Waals surface area contributed by atoms with Crippen LogP contribution in [0.5, 0.6) is 0 Å². The van der Waals surface area contributed by atoms with Crippen LogP contribution in [0.3, 0.4) is 0 Å². The first-order valence-corrected chi connectivity index (χ1v) is 5.58. The van der Waals surface area contributed by atoms with Crippen LogP contribution in [-0.2, 0) is 4.79 Å². The lowest BCUT2D eigenvalue weighted by molar-refractivity contribution is -0.140. The maximum absolute atomic E-state index is 11.6. The van der Waals surface area contributed by atoms with Crippen molar-refractivity contribution in [1.29, 1.82) is 0 Å². The SMILES string of the molecule is O=C(O)C(CO)NC(=O)N1CCC(CCO)C1. The molecule has 1 rings (SSSR count). The lowest BCUT2D eigenvalue weighted by Crippen LogP contribution is -2.48. The Morgan fingerprint density at radius 3 is 2.65 bits per heavy atom. The molecule has 2 unspecified atom stereocenters. The summed E-state index contributed by atoms with van der Waals surface area (Å²) in [5.41, 5.74) is 0. The van der Waals surface area contributed by atoms with Crippen LogP contribution >= 0.6 is 0 Å². The number of likely N-dealkylation sites (tertiary alicyclic amines) is 1. The van der Waals surface area contributed by atoms with Gasteiger partial charge in [-0.3, -0.25) is 0 Å². The molecule has 0 aromatic carbocycles. The molecule has 1 aliphatic rings. The fraction of sp³-hybridized carbons (Fsp3) is 0.800. The van der Waals surface area contributed by atoms with Gasteiger partial charge in [-0.15, -0.1) is 0 Å². The highest BCUT2D eigenvalue weighted by molar-refractivity contribution is 5.82. The Labute approximate surface area is 99.0 Å². The maximum Gasteiger partial charge on any atom is 0.328 e. The number of hydrogen-bond acceptors (Lipinski definition) is 4. The van der Waals surface area contributed by atoms with Crippen LogP contribution in [0, 0.1) is 5.92 Å². The number of carboxylic acid groups (broad SMARTS) is 1. The number of nitrogens with one attached hydrogen (secondary N) is 1. The van der Waals surface area contributed by atoms with Gasteiger partial charge >= 0.3 is 12.0 Å². The van der Waals surface area contributed by atoms with E-state index in [9.17, 15) is 9.59 Å². The van der Waals surface area contributed by atoms with E-state index in [2.05, 4.69) is 5.32 Å². The molecule has 0 saturated carbocycles. The van der Waals surface area contributed by atoms with E-state index in [4.69, 9.17) is 15.3 Å². The number of aliphatic hydroxyl groups is 2. The normalized spacial score (nSPS) is 21.3. The molecule has 0 bridgehead atoms. The second kappa shape index (κ2) is 6.41. The summed E-state index contributed by atoms with van der Waals surface area (Å²) in [7, 11) is 0. The molecule has 0 aromatic heterocycles. The van der Waals surface area contributed by atoms with E-state index in [1.54, 1.807) is 0 Å². The van der Waals surface area contributed by atoms with Crippen molar-refractivity contribution in [3.05, 3.63) is 0 Å². The van der Waals surface area contributed by atoms with Crippen LogP contribution in [-0.4, -0.2) is 64.6 Å². The maximum atomic E-state index is 11.6. The van der Waals surface area contributed by atoms with Crippen molar-refractivity contribution >= 4 is 12.0 Å². The summed E-state index contributed by atoms with van der Waals surface area (Å²) in [6.45, 7) is 0.530. The first-order chi connectivity index (χ1) is 8.08. The fourth-order valence-corrected chi connectivity index (χ4v) is 1.86. The molecular weight excluding hydrogens is 228 g/mol. The second-order valence-electron chi connectivity index (χ2n) is 4.14. The number of hydrogen-bond donors (Lipinski definition) is 4. The number of amides is 2. The van der Waals surface area contributed by atoms with Crippen molar-refractivity contribution in [2.24, 2.45) is 5.92 Å². The number of carbonyl (C=O) groups is 2. The minimum atomic E-state index is -1.26. The summed E-state index contributed by atoms with van der Waals surface area (Å²) in [6, 6.07) is -1.74. The van der Waals surface area contributed by atoms with E-state index >= 15 is 0 Å². The zero-order chi connectivity index (χ0) is 12.8. The zero-order valence-electron chi connectivity index (χ0n) is 9.50. The van der Waals surface area contributed by atoms with Crippen LogP contribution in [0.25, 0.3) is 0 Å². The smallest absolute Gasteiger partial charge is 0.328 e. The predicted octanol–water partition coefficient (Wildman–Crippen LogP) is -1.15.